The van der Waals surface area contributed by atoms with E-state index < -0.39 is 0 Å². The van der Waals surface area contributed by atoms with E-state index in [4.69, 9.17) is 0 Å². The Morgan fingerprint density at radius 2 is 0.409 bits per heavy atom. The van der Waals surface area contributed by atoms with Crippen molar-refractivity contribution in [2.45, 2.75) is 0 Å². The first-order valence-electron chi connectivity index (χ1n) is 37.9. The van der Waals surface area contributed by atoms with Crippen LogP contribution in [0.25, 0.3) is 209 Å². The van der Waals surface area contributed by atoms with Crippen molar-refractivity contribution < 1.29 is 0 Å². The molecule has 512 valence electrons. The van der Waals surface area contributed by atoms with E-state index in [1.54, 1.807) is 0 Å². The van der Waals surface area contributed by atoms with Crippen molar-refractivity contribution in [3.63, 3.8) is 0 Å². The topological polar surface area (TPSA) is 29.6 Å². The molecule has 0 fully saturated rings. The highest BCUT2D eigenvalue weighted by molar-refractivity contribution is 6.19. The maximum Gasteiger partial charge on any atom is 0.0562 e. The molecular weight excluding hydrogens is 1330 g/mol. The molecule has 6 heteroatoms. The maximum absolute atomic E-state index is 2.47. The van der Waals surface area contributed by atoms with E-state index in [0.29, 0.717) is 0 Å². The van der Waals surface area contributed by atoms with Crippen molar-refractivity contribution >= 4 is 152 Å². The molecule has 6 aromatic heterocycles. The molecule has 18 aromatic carbocycles. The highest BCUT2D eigenvalue weighted by atomic mass is 15.0. The Labute approximate surface area is 632 Å². The van der Waals surface area contributed by atoms with Gasteiger partial charge in [0, 0.05) is 93.1 Å². The molecular formula is C104H66N6. The van der Waals surface area contributed by atoms with Gasteiger partial charge in [0.15, 0.2) is 0 Å². The summed E-state index contributed by atoms with van der Waals surface area (Å²) in [6.45, 7) is 0. The molecule has 0 amide bonds. The number of nitrogens with zero attached hydrogens (tertiary/aromatic N) is 6. The van der Waals surface area contributed by atoms with Crippen LogP contribution in [0.5, 0.6) is 0 Å². The lowest BCUT2D eigenvalue weighted by Gasteiger charge is -2.12. The standard InChI is InChI=1S/2C52H33N3/c1-2-15-38(16-3-1)53-47-22-11-8-19-42(47)52-50(53)23-12-24-51(52)55-46-21-10-7-18-41(46)44-33-37(27-30-49(44)55)36-26-29-48-43(32-36)40-17-6-9-20-45(40)54(48)39-28-25-34-13-4-5-14-35(34)31-39;1-2-14-38(15-3-1)53-47-19-9-6-16-41(47)44-27-26-40(33-52(44)53)55-49-21-11-8-18-43(49)46-32-37(24-29-51(46)55)36-23-28-50-45(31-36)42-17-7-10-20-48(42)54(50)39-25-22-34-12-4-5-13-35(34)30-39/h2*1-33H. The van der Waals surface area contributed by atoms with Crippen molar-refractivity contribution in [3.8, 4) is 56.4 Å². The lowest BCUT2D eigenvalue weighted by molar-refractivity contribution is 1.15. The van der Waals surface area contributed by atoms with Crippen LogP contribution >= 0.6 is 0 Å². The third-order valence-electron chi connectivity index (χ3n) is 23.2. The first kappa shape index (κ1) is 61.6. The van der Waals surface area contributed by atoms with Crippen LogP contribution in [0.4, 0.5) is 0 Å². The molecule has 0 saturated carbocycles. The summed E-state index contributed by atoms with van der Waals surface area (Å²) in [6.07, 6.45) is 0. The van der Waals surface area contributed by atoms with Gasteiger partial charge in [-0.05, 0) is 202 Å². The molecule has 0 N–H and O–H groups in total. The Kier molecular flexibility index (Phi) is 13.7. The van der Waals surface area contributed by atoms with Crippen molar-refractivity contribution in [2.75, 3.05) is 0 Å². The van der Waals surface area contributed by atoms with Gasteiger partial charge < -0.3 is 27.4 Å². The molecule has 6 nitrogen and oxygen atoms in total. The third kappa shape index (κ3) is 9.43. The molecule has 0 aliphatic heterocycles. The van der Waals surface area contributed by atoms with Crippen LogP contribution in [0, 0.1) is 0 Å². The molecule has 0 aliphatic rings. The summed E-state index contributed by atoms with van der Waals surface area (Å²) in [5, 5.41) is 20.0. The van der Waals surface area contributed by atoms with Crippen LogP contribution in [0.3, 0.4) is 0 Å². The average molecular weight is 1400 g/mol. The van der Waals surface area contributed by atoms with E-state index in [9.17, 15) is 0 Å². The number of hydrogen-bond donors (Lipinski definition) is 0. The zero-order valence-electron chi connectivity index (χ0n) is 59.8. The summed E-state index contributed by atoms with van der Waals surface area (Å²) in [4.78, 5) is 0. The Hall–Kier alpha value is -14.7. The van der Waals surface area contributed by atoms with Crippen LogP contribution in [0.15, 0.2) is 400 Å². The normalized spacial score (nSPS) is 12.0. The molecule has 0 atom stereocenters. The lowest BCUT2D eigenvalue weighted by atomic mass is 10.0. The minimum atomic E-state index is 1.15. The predicted octanol–water partition coefficient (Wildman–Crippen LogP) is 27.6. The molecule has 0 unspecified atom stereocenters. The number of fused-ring (bicyclic) bond motifs is 20. The Morgan fingerprint density at radius 1 is 0.127 bits per heavy atom. The van der Waals surface area contributed by atoms with Gasteiger partial charge in [-0.1, -0.05) is 243 Å². The van der Waals surface area contributed by atoms with Crippen molar-refractivity contribution in [1.29, 1.82) is 0 Å². The van der Waals surface area contributed by atoms with Crippen LogP contribution < -0.4 is 0 Å². The minimum absolute atomic E-state index is 1.15. The molecule has 0 saturated heterocycles. The van der Waals surface area contributed by atoms with Gasteiger partial charge in [0.05, 0.1) is 71.9 Å². The lowest BCUT2D eigenvalue weighted by Crippen LogP contribution is -1.96. The van der Waals surface area contributed by atoms with Crippen molar-refractivity contribution in [3.05, 3.63) is 400 Å². The molecule has 0 radical (unpaired) electrons. The van der Waals surface area contributed by atoms with Crippen LogP contribution in [0.2, 0.25) is 0 Å². The monoisotopic (exact) mass is 1400 g/mol. The fraction of sp³-hybridized carbons (Fsp3) is 0. The van der Waals surface area contributed by atoms with Gasteiger partial charge in [-0.15, -0.1) is 0 Å². The molecule has 0 spiro atoms. The van der Waals surface area contributed by atoms with E-state index in [1.807, 2.05) is 0 Å². The first-order chi connectivity index (χ1) is 54.6. The van der Waals surface area contributed by atoms with Crippen molar-refractivity contribution in [2.24, 2.45) is 0 Å². The number of benzene rings is 18. The Balaban J connectivity index is 0.000000132. The van der Waals surface area contributed by atoms with Crippen LogP contribution in [0.1, 0.15) is 0 Å². The van der Waals surface area contributed by atoms with E-state index in [-0.39, 0.29) is 0 Å². The second-order valence-corrected chi connectivity index (χ2v) is 29.1. The van der Waals surface area contributed by atoms with Crippen LogP contribution in [-0.4, -0.2) is 27.4 Å². The van der Waals surface area contributed by atoms with Gasteiger partial charge in [-0.25, -0.2) is 0 Å². The molecule has 24 aromatic rings. The van der Waals surface area contributed by atoms with E-state index >= 15 is 0 Å². The molecule has 110 heavy (non-hydrogen) atoms. The van der Waals surface area contributed by atoms with E-state index in [2.05, 4.69) is 428 Å². The molecule has 24 rings (SSSR count). The zero-order chi connectivity index (χ0) is 72.1. The largest absolute Gasteiger partial charge is 0.309 e. The quantitative estimate of drug-likeness (QED) is 0.145. The predicted molar refractivity (Wildman–Crippen MR) is 465 cm³/mol. The second kappa shape index (κ2) is 24.4. The van der Waals surface area contributed by atoms with Gasteiger partial charge in [-0.3, -0.25) is 0 Å². The minimum Gasteiger partial charge on any atom is -0.309 e. The second-order valence-electron chi connectivity index (χ2n) is 29.1. The smallest absolute Gasteiger partial charge is 0.0562 e. The summed E-state index contributed by atoms with van der Waals surface area (Å²) < 4.78 is 14.5. The van der Waals surface area contributed by atoms with Gasteiger partial charge >= 0.3 is 0 Å². The summed E-state index contributed by atoms with van der Waals surface area (Å²) in [5.41, 5.74) is 26.3. The number of rotatable bonds is 8. The van der Waals surface area contributed by atoms with Crippen LogP contribution in [-0.2, 0) is 0 Å². The van der Waals surface area contributed by atoms with Gasteiger partial charge in [-0.2, -0.15) is 0 Å². The van der Waals surface area contributed by atoms with E-state index in [1.165, 1.54) is 192 Å². The summed E-state index contributed by atoms with van der Waals surface area (Å²) in [6, 6.07) is 147. The maximum atomic E-state index is 2.47. The third-order valence-corrected chi connectivity index (χ3v) is 23.2. The molecule has 6 heterocycles. The highest BCUT2D eigenvalue weighted by Gasteiger charge is 2.24. The molecule has 0 bridgehead atoms. The highest BCUT2D eigenvalue weighted by Crippen LogP contribution is 2.45. The zero-order valence-corrected chi connectivity index (χ0v) is 59.8. The Bertz CT molecular complexity index is 7870. The number of para-hydroxylation sites is 8. The van der Waals surface area contributed by atoms with Crippen molar-refractivity contribution in [1.82, 2.24) is 27.4 Å². The first-order valence-corrected chi connectivity index (χ1v) is 37.9. The van der Waals surface area contributed by atoms with Gasteiger partial charge in [0.1, 0.15) is 0 Å². The Morgan fingerprint density at radius 3 is 0.836 bits per heavy atom. The summed E-state index contributed by atoms with van der Waals surface area (Å²) in [5.74, 6) is 0. The van der Waals surface area contributed by atoms with E-state index in [0.717, 1.165) is 17.1 Å². The SMILES string of the molecule is c1ccc(-n2c3ccccc3c3c(-n4c5ccccc5c5cc(-c6ccc7c(c6)c6ccccc6n7-c6ccc7ccccc7c6)ccc54)cccc32)cc1.c1ccc(-n2c3ccccc3c3ccc(-n4c5ccccc5c5cc(-c6ccc7c(c6)c6ccccc6n7-c6ccc7ccccc7c6)ccc54)cc32)cc1. The van der Waals surface area contributed by atoms with Gasteiger partial charge in [0.2, 0.25) is 0 Å². The summed E-state index contributed by atoms with van der Waals surface area (Å²) >= 11 is 0. The number of hydrogen-bond acceptors (Lipinski definition) is 0. The molecule has 0 aliphatic carbocycles. The summed E-state index contributed by atoms with van der Waals surface area (Å²) in [7, 11) is 0. The number of aromatic nitrogens is 6. The fourth-order valence-electron chi connectivity index (χ4n) is 18.3. The fourth-order valence-corrected chi connectivity index (χ4v) is 18.3. The van der Waals surface area contributed by atoms with Gasteiger partial charge in [0.25, 0.3) is 0 Å². The average Bonchev–Trinajstić information content (AvgIpc) is 1.57.